The first kappa shape index (κ1) is 18.3. The second-order valence-corrected chi connectivity index (χ2v) is 9.60. The van der Waals surface area contributed by atoms with E-state index >= 15 is 0 Å². The lowest BCUT2D eigenvalue weighted by Gasteiger charge is -2.60. The van der Waals surface area contributed by atoms with Gasteiger partial charge in [-0.15, -0.1) is 0 Å². The molecule has 0 aliphatic heterocycles. The molecule has 0 radical (unpaired) electrons. The van der Waals surface area contributed by atoms with Gasteiger partial charge in [-0.1, -0.05) is 19.4 Å². The van der Waals surface area contributed by atoms with Crippen molar-refractivity contribution in [3.63, 3.8) is 0 Å². The van der Waals surface area contributed by atoms with Gasteiger partial charge in [-0.25, -0.2) is 0 Å². The van der Waals surface area contributed by atoms with Gasteiger partial charge in [0.15, 0.2) is 11.6 Å². The summed E-state index contributed by atoms with van der Waals surface area (Å²) < 4.78 is 0. The summed E-state index contributed by atoms with van der Waals surface area (Å²) in [6, 6.07) is 0. The minimum Gasteiger partial charge on any atom is -0.393 e. The number of aliphatic hydroxyl groups is 2. The minimum absolute atomic E-state index is 0.101. The van der Waals surface area contributed by atoms with Crippen LogP contribution >= 0.6 is 0 Å². The molecule has 4 N–H and O–H groups in total. The Balaban J connectivity index is 1.74. The number of fused-ring (bicyclic) bond motifs is 5. The zero-order chi connectivity index (χ0) is 18.9. The van der Waals surface area contributed by atoms with Crippen molar-refractivity contribution in [2.45, 2.75) is 70.5 Å². The molecule has 0 aromatic carbocycles. The third-order valence-corrected chi connectivity index (χ3v) is 8.70. The number of carbonyl (C=O) groups is 2. The number of Topliss-reactive ketones (excluding diaryl/α,β-unsaturated/α-hetero) is 1. The highest BCUT2D eigenvalue weighted by Crippen LogP contribution is 2.67. The van der Waals surface area contributed by atoms with Crippen molar-refractivity contribution < 1.29 is 19.8 Å². The van der Waals surface area contributed by atoms with E-state index in [1.165, 1.54) is 5.57 Å². The number of carbonyl (C=O) groups excluding carboxylic acids is 2. The van der Waals surface area contributed by atoms with E-state index in [1.54, 1.807) is 0 Å². The van der Waals surface area contributed by atoms with Gasteiger partial charge in [0, 0.05) is 11.8 Å². The Hall–Kier alpha value is -1.04. The quantitative estimate of drug-likeness (QED) is 0.696. The number of aliphatic hydroxyl groups excluding tert-OH is 1. The Morgan fingerprint density at radius 1 is 1.27 bits per heavy atom. The Morgan fingerprint density at radius 3 is 2.69 bits per heavy atom. The summed E-state index contributed by atoms with van der Waals surface area (Å²) in [5.74, 6) is 0.504. The first-order valence-electron chi connectivity index (χ1n) is 10.0. The van der Waals surface area contributed by atoms with Crippen molar-refractivity contribution >= 4 is 11.6 Å². The Labute approximate surface area is 155 Å². The van der Waals surface area contributed by atoms with Crippen LogP contribution in [0.3, 0.4) is 0 Å². The summed E-state index contributed by atoms with van der Waals surface area (Å²) in [6.45, 7) is 4.03. The second-order valence-electron chi connectivity index (χ2n) is 9.60. The summed E-state index contributed by atoms with van der Waals surface area (Å²) in [4.78, 5) is 24.4. The summed E-state index contributed by atoms with van der Waals surface area (Å²) >= 11 is 0. The van der Waals surface area contributed by atoms with Crippen LogP contribution in [0.15, 0.2) is 11.6 Å². The average molecular weight is 361 g/mol. The minimum atomic E-state index is -1.42. The lowest BCUT2D eigenvalue weighted by atomic mass is 9.45. The normalized spacial score (nSPS) is 50.5. The molecule has 7 atom stereocenters. The van der Waals surface area contributed by atoms with Crippen LogP contribution in [-0.4, -0.2) is 40.0 Å². The molecule has 0 saturated heterocycles. The van der Waals surface area contributed by atoms with E-state index in [0.717, 1.165) is 25.7 Å². The van der Waals surface area contributed by atoms with Crippen LogP contribution in [-0.2, 0) is 9.59 Å². The van der Waals surface area contributed by atoms with Gasteiger partial charge in [0.2, 0.25) is 0 Å². The number of allylic oxidation sites excluding steroid dienone is 1. The van der Waals surface area contributed by atoms with Gasteiger partial charge >= 0.3 is 0 Å². The van der Waals surface area contributed by atoms with Crippen molar-refractivity contribution in [1.29, 1.82) is 0 Å². The van der Waals surface area contributed by atoms with Crippen LogP contribution in [0, 0.1) is 28.6 Å². The van der Waals surface area contributed by atoms with Crippen LogP contribution in [0.4, 0.5) is 0 Å². The standard InChI is InChI=1S/C21H31NO4/c1-19-7-5-13(23)9-12(19)3-4-14-15-6-8-21(26,17(25)11-22)20(15,2)10-16(24)18(14)19/h9,14-16,18,24,26H,3-8,10-11,22H2,1-2H3. The molecule has 7 unspecified atom stereocenters. The molecule has 5 heteroatoms. The molecule has 0 spiro atoms. The third-order valence-electron chi connectivity index (χ3n) is 8.70. The smallest absolute Gasteiger partial charge is 0.178 e. The molecule has 0 heterocycles. The van der Waals surface area contributed by atoms with Crippen molar-refractivity contribution in [3.8, 4) is 0 Å². The summed E-state index contributed by atoms with van der Waals surface area (Å²) in [6.07, 6.45) is 6.08. The maximum absolute atomic E-state index is 12.5. The number of nitrogens with two attached hydrogens (primary N) is 1. The lowest BCUT2D eigenvalue weighted by molar-refractivity contribution is -0.179. The van der Waals surface area contributed by atoms with Crippen LogP contribution in [0.2, 0.25) is 0 Å². The van der Waals surface area contributed by atoms with Gasteiger partial charge < -0.3 is 15.9 Å². The highest BCUT2D eigenvalue weighted by atomic mass is 16.3. The second kappa shape index (κ2) is 5.73. The van der Waals surface area contributed by atoms with Crippen LogP contribution in [0.25, 0.3) is 0 Å². The van der Waals surface area contributed by atoms with Crippen molar-refractivity contribution in [2.24, 2.45) is 34.3 Å². The van der Waals surface area contributed by atoms with E-state index in [4.69, 9.17) is 5.73 Å². The molecule has 4 aliphatic carbocycles. The molecule has 0 aromatic rings. The zero-order valence-electron chi connectivity index (χ0n) is 15.8. The average Bonchev–Trinajstić information content (AvgIpc) is 2.86. The fraction of sp³-hybridized carbons (Fsp3) is 0.810. The van der Waals surface area contributed by atoms with Crippen molar-refractivity contribution in [1.82, 2.24) is 0 Å². The molecule has 0 amide bonds. The monoisotopic (exact) mass is 361 g/mol. The predicted octanol–water partition coefficient (Wildman–Crippen LogP) is 1.75. The van der Waals surface area contributed by atoms with Gasteiger partial charge in [0.25, 0.3) is 0 Å². The van der Waals surface area contributed by atoms with Gasteiger partial charge in [0.05, 0.1) is 12.6 Å². The maximum Gasteiger partial charge on any atom is 0.178 e. The first-order valence-corrected chi connectivity index (χ1v) is 10.0. The Kier molecular flexibility index (Phi) is 4.04. The number of hydrogen-bond acceptors (Lipinski definition) is 5. The van der Waals surface area contributed by atoms with Crippen LogP contribution < -0.4 is 5.73 Å². The molecular formula is C21H31NO4. The third kappa shape index (κ3) is 2.14. The van der Waals surface area contributed by atoms with E-state index in [-0.39, 0.29) is 41.3 Å². The molecule has 0 aromatic heterocycles. The summed E-state index contributed by atoms with van der Waals surface area (Å²) in [5, 5.41) is 22.5. The maximum atomic E-state index is 12.5. The fourth-order valence-electron chi connectivity index (χ4n) is 7.32. The Morgan fingerprint density at radius 2 is 2.00 bits per heavy atom. The van der Waals surface area contributed by atoms with Crippen molar-refractivity contribution in [3.05, 3.63) is 11.6 Å². The molecule has 0 bridgehead atoms. The van der Waals surface area contributed by atoms with Gasteiger partial charge in [0.1, 0.15) is 5.60 Å². The molecule has 144 valence electrons. The van der Waals surface area contributed by atoms with E-state index in [9.17, 15) is 19.8 Å². The summed E-state index contributed by atoms with van der Waals surface area (Å²) in [5.41, 5.74) is 4.61. The molecule has 5 nitrogen and oxygen atoms in total. The largest absolute Gasteiger partial charge is 0.393 e. The topological polar surface area (TPSA) is 101 Å². The van der Waals surface area contributed by atoms with Gasteiger partial charge in [-0.3, -0.25) is 9.59 Å². The number of hydrogen-bond donors (Lipinski definition) is 3. The highest BCUT2D eigenvalue weighted by Gasteiger charge is 2.68. The van der Waals surface area contributed by atoms with Crippen molar-refractivity contribution in [2.75, 3.05) is 6.54 Å². The first-order chi connectivity index (χ1) is 12.2. The fourth-order valence-corrected chi connectivity index (χ4v) is 7.32. The van der Waals surface area contributed by atoms with Crippen LogP contribution in [0.1, 0.15) is 58.8 Å². The number of ketones is 2. The molecule has 3 fully saturated rings. The van der Waals surface area contributed by atoms with Crippen LogP contribution in [0.5, 0.6) is 0 Å². The van der Waals surface area contributed by atoms with E-state index in [1.807, 2.05) is 13.0 Å². The van der Waals surface area contributed by atoms with Gasteiger partial charge in [-0.2, -0.15) is 0 Å². The molecule has 4 aliphatic rings. The highest BCUT2D eigenvalue weighted by molar-refractivity contribution is 5.92. The molecule has 26 heavy (non-hydrogen) atoms. The predicted molar refractivity (Wildman–Crippen MR) is 97.1 cm³/mol. The molecule has 4 rings (SSSR count). The van der Waals surface area contributed by atoms with E-state index in [0.29, 0.717) is 19.3 Å². The van der Waals surface area contributed by atoms with E-state index in [2.05, 4.69) is 6.92 Å². The van der Waals surface area contributed by atoms with E-state index < -0.39 is 17.1 Å². The number of rotatable bonds is 2. The Bertz CT molecular complexity index is 687. The SMILES string of the molecule is CC12CCC(=O)C=C1CCC1C2C(O)CC2(C)C1CCC2(O)C(=O)CN. The summed E-state index contributed by atoms with van der Waals surface area (Å²) in [7, 11) is 0. The molecular weight excluding hydrogens is 330 g/mol. The zero-order valence-corrected chi connectivity index (χ0v) is 15.8. The van der Waals surface area contributed by atoms with Gasteiger partial charge in [-0.05, 0) is 67.8 Å². The lowest BCUT2D eigenvalue weighted by Crippen LogP contribution is -2.62. The molecule has 3 saturated carbocycles.